The maximum Gasteiger partial charge on any atom is 0.129 e. The van der Waals surface area contributed by atoms with E-state index >= 15 is 0 Å². The smallest absolute Gasteiger partial charge is 0.129 e. The van der Waals surface area contributed by atoms with Crippen molar-refractivity contribution in [2.75, 3.05) is 7.05 Å². The van der Waals surface area contributed by atoms with Gasteiger partial charge in [-0.25, -0.2) is 4.39 Å². The SMILES string of the molecule is CNC(C)c1cnn(Cc2ccc(Cl)cc2F)c1. The molecule has 1 heterocycles. The summed E-state index contributed by atoms with van der Waals surface area (Å²) in [5, 5.41) is 7.76. The number of rotatable bonds is 4. The lowest BCUT2D eigenvalue weighted by atomic mass is 10.2. The second-order valence-corrected chi connectivity index (χ2v) is 4.65. The van der Waals surface area contributed by atoms with Crippen LogP contribution in [0, 0.1) is 5.82 Å². The Balaban J connectivity index is 2.16. The van der Waals surface area contributed by atoms with E-state index in [0.717, 1.165) is 5.56 Å². The highest BCUT2D eigenvalue weighted by atomic mass is 35.5. The van der Waals surface area contributed by atoms with Crippen LogP contribution < -0.4 is 5.32 Å². The zero-order valence-corrected chi connectivity index (χ0v) is 11.1. The Bertz CT molecular complexity index is 539. The van der Waals surface area contributed by atoms with Crippen molar-refractivity contribution in [3.8, 4) is 0 Å². The standard InChI is InChI=1S/C13H15ClFN3/c1-9(16-2)11-6-17-18(8-11)7-10-3-4-12(14)5-13(10)15/h3-6,8-9,16H,7H2,1-2H3. The molecule has 18 heavy (non-hydrogen) atoms. The van der Waals surface area contributed by atoms with Crippen LogP contribution in [0.25, 0.3) is 0 Å². The van der Waals surface area contributed by atoms with Crippen LogP contribution in [0.3, 0.4) is 0 Å². The average Bonchev–Trinajstić information content (AvgIpc) is 2.80. The predicted molar refractivity (Wildman–Crippen MR) is 70.2 cm³/mol. The fraction of sp³-hybridized carbons (Fsp3) is 0.308. The zero-order chi connectivity index (χ0) is 13.1. The first-order valence-corrected chi connectivity index (χ1v) is 6.11. The molecule has 1 atom stereocenters. The first-order valence-electron chi connectivity index (χ1n) is 5.73. The van der Waals surface area contributed by atoms with Crippen LogP contribution in [0.15, 0.2) is 30.6 Å². The third kappa shape index (κ3) is 2.89. The lowest BCUT2D eigenvalue weighted by Gasteiger charge is -2.06. The van der Waals surface area contributed by atoms with E-state index in [1.807, 2.05) is 20.2 Å². The van der Waals surface area contributed by atoms with Crippen molar-refractivity contribution in [3.05, 3.63) is 52.6 Å². The van der Waals surface area contributed by atoms with Crippen LogP contribution in [-0.4, -0.2) is 16.8 Å². The Morgan fingerprint density at radius 2 is 2.28 bits per heavy atom. The fourth-order valence-electron chi connectivity index (χ4n) is 1.68. The van der Waals surface area contributed by atoms with Crippen molar-refractivity contribution < 1.29 is 4.39 Å². The molecule has 0 aliphatic rings. The first kappa shape index (κ1) is 13.1. The number of nitrogens with zero attached hydrogens (tertiary/aromatic N) is 2. The minimum atomic E-state index is -0.304. The lowest BCUT2D eigenvalue weighted by molar-refractivity contribution is 0.584. The summed E-state index contributed by atoms with van der Waals surface area (Å²) >= 11 is 5.71. The first-order chi connectivity index (χ1) is 8.60. The van der Waals surface area contributed by atoms with Gasteiger partial charge in [0.2, 0.25) is 0 Å². The lowest BCUT2D eigenvalue weighted by Crippen LogP contribution is -2.11. The monoisotopic (exact) mass is 267 g/mol. The van der Waals surface area contributed by atoms with Gasteiger partial charge in [-0.2, -0.15) is 5.10 Å². The predicted octanol–water partition coefficient (Wildman–Crippen LogP) is 3.00. The molecule has 0 amide bonds. The molecule has 1 aromatic heterocycles. The van der Waals surface area contributed by atoms with E-state index in [1.54, 1.807) is 23.0 Å². The largest absolute Gasteiger partial charge is 0.313 e. The van der Waals surface area contributed by atoms with Crippen molar-refractivity contribution in [1.82, 2.24) is 15.1 Å². The van der Waals surface area contributed by atoms with Gasteiger partial charge in [-0.05, 0) is 26.1 Å². The van der Waals surface area contributed by atoms with E-state index in [0.29, 0.717) is 17.1 Å². The number of hydrogen-bond donors (Lipinski definition) is 1. The molecule has 1 N–H and O–H groups in total. The van der Waals surface area contributed by atoms with Crippen LogP contribution in [0.1, 0.15) is 24.1 Å². The van der Waals surface area contributed by atoms with Gasteiger partial charge in [0.15, 0.2) is 0 Å². The molecule has 1 aromatic carbocycles. The highest BCUT2D eigenvalue weighted by molar-refractivity contribution is 6.30. The van der Waals surface area contributed by atoms with Gasteiger partial charge in [0.1, 0.15) is 5.82 Å². The molecule has 0 fully saturated rings. The summed E-state index contributed by atoms with van der Waals surface area (Å²) in [6, 6.07) is 4.91. The van der Waals surface area contributed by atoms with Crippen LogP contribution in [0.4, 0.5) is 4.39 Å². The molecular formula is C13H15ClFN3. The van der Waals surface area contributed by atoms with Crippen molar-refractivity contribution >= 4 is 11.6 Å². The van der Waals surface area contributed by atoms with Gasteiger partial charge in [-0.1, -0.05) is 17.7 Å². The van der Waals surface area contributed by atoms with E-state index in [1.165, 1.54) is 6.07 Å². The van der Waals surface area contributed by atoms with Gasteiger partial charge in [0, 0.05) is 28.4 Å². The molecule has 0 saturated heterocycles. The summed E-state index contributed by atoms with van der Waals surface area (Å²) in [6.45, 7) is 2.45. The summed E-state index contributed by atoms with van der Waals surface area (Å²) in [7, 11) is 1.89. The fourth-order valence-corrected chi connectivity index (χ4v) is 1.84. The summed E-state index contributed by atoms with van der Waals surface area (Å²) in [6.07, 6.45) is 3.70. The van der Waals surface area contributed by atoms with E-state index < -0.39 is 0 Å². The maximum absolute atomic E-state index is 13.6. The van der Waals surface area contributed by atoms with Crippen molar-refractivity contribution in [2.24, 2.45) is 0 Å². The molecule has 96 valence electrons. The van der Waals surface area contributed by atoms with Crippen molar-refractivity contribution in [3.63, 3.8) is 0 Å². The van der Waals surface area contributed by atoms with Gasteiger partial charge >= 0.3 is 0 Å². The van der Waals surface area contributed by atoms with Gasteiger partial charge in [0.05, 0.1) is 12.7 Å². The Morgan fingerprint density at radius 3 is 2.94 bits per heavy atom. The normalized spacial score (nSPS) is 12.7. The molecule has 0 spiro atoms. The molecule has 3 nitrogen and oxygen atoms in total. The molecule has 0 aliphatic heterocycles. The molecule has 2 rings (SSSR count). The molecule has 2 aromatic rings. The second kappa shape index (κ2) is 5.50. The second-order valence-electron chi connectivity index (χ2n) is 4.22. The van der Waals surface area contributed by atoms with Crippen LogP contribution >= 0.6 is 11.6 Å². The van der Waals surface area contributed by atoms with Gasteiger partial charge in [-0.3, -0.25) is 4.68 Å². The van der Waals surface area contributed by atoms with Crippen molar-refractivity contribution in [1.29, 1.82) is 0 Å². The average molecular weight is 268 g/mol. The Hall–Kier alpha value is -1.39. The van der Waals surface area contributed by atoms with Crippen LogP contribution in [-0.2, 0) is 6.54 Å². The third-order valence-corrected chi connectivity index (χ3v) is 3.17. The minimum Gasteiger partial charge on any atom is -0.313 e. The molecule has 1 unspecified atom stereocenters. The van der Waals surface area contributed by atoms with Gasteiger partial charge in [0.25, 0.3) is 0 Å². The summed E-state index contributed by atoms with van der Waals surface area (Å²) < 4.78 is 15.3. The zero-order valence-electron chi connectivity index (χ0n) is 10.3. The highest BCUT2D eigenvalue weighted by Gasteiger charge is 2.08. The van der Waals surface area contributed by atoms with Gasteiger partial charge < -0.3 is 5.32 Å². The molecule has 5 heteroatoms. The van der Waals surface area contributed by atoms with Crippen molar-refractivity contribution in [2.45, 2.75) is 19.5 Å². The molecule has 0 saturated carbocycles. The van der Waals surface area contributed by atoms with Crippen LogP contribution in [0.2, 0.25) is 5.02 Å². The van der Waals surface area contributed by atoms with E-state index in [4.69, 9.17) is 11.6 Å². The summed E-state index contributed by atoms with van der Waals surface area (Å²) in [5.41, 5.74) is 1.65. The molecule has 0 radical (unpaired) electrons. The molecular weight excluding hydrogens is 253 g/mol. The minimum absolute atomic E-state index is 0.230. The Kier molecular flexibility index (Phi) is 3.99. The summed E-state index contributed by atoms with van der Waals surface area (Å²) in [5.74, 6) is -0.304. The van der Waals surface area contributed by atoms with Gasteiger partial charge in [-0.15, -0.1) is 0 Å². The number of benzene rings is 1. The van der Waals surface area contributed by atoms with E-state index in [2.05, 4.69) is 10.4 Å². The number of aromatic nitrogens is 2. The number of hydrogen-bond acceptors (Lipinski definition) is 2. The quantitative estimate of drug-likeness (QED) is 0.923. The Labute approximate surface area is 111 Å². The van der Waals surface area contributed by atoms with E-state index in [-0.39, 0.29) is 11.9 Å². The van der Waals surface area contributed by atoms with Crippen LogP contribution in [0.5, 0.6) is 0 Å². The topological polar surface area (TPSA) is 29.9 Å². The Morgan fingerprint density at radius 1 is 1.50 bits per heavy atom. The molecule has 0 bridgehead atoms. The summed E-state index contributed by atoms with van der Waals surface area (Å²) in [4.78, 5) is 0. The third-order valence-electron chi connectivity index (χ3n) is 2.93. The molecule has 0 aliphatic carbocycles. The maximum atomic E-state index is 13.6. The highest BCUT2D eigenvalue weighted by Crippen LogP contribution is 2.16. The number of nitrogens with one attached hydrogen (secondary N) is 1. The van der Waals surface area contributed by atoms with E-state index in [9.17, 15) is 4.39 Å². The number of halogens is 2.